The number of carbonyl (C=O) groups is 2. The molecule has 9 heteroatoms. The van der Waals surface area contributed by atoms with Crippen molar-refractivity contribution < 1.29 is 28.0 Å². The molecule has 144 valence electrons. The summed E-state index contributed by atoms with van der Waals surface area (Å²) in [4.78, 5) is 25.9. The number of nitrogens with one attached hydrogen (secondary N) is 1. The first kappa shape index (κ1) is 19.0. The van der Waals surface area contributed by atoms with Gasteiger partial charge in [0.2, 0.25) is 0 Å². The monoisotopic (exact) mass is 379 g/mol. The van der Waals surface area contributed by atoms with E-state index in [2.05, 4.69) is 10.5 Å². The number of hydrogen-bond acceptors (Lipinski definition) is 5. The third kappa shape index (κ3) is 4.13. The average Bonchev–Trinajstić information content (AvgIpc) is 3.11. The summed E-state index contributed by atoms with van der Waals surface area (Å²) < 4.78 is 31.8. The number of likely N-dealkylation sites (tertiary alicyclic amines) is 1. The number of aromatic nitrogens is 1. The maximum atomic E-state index is 13.8. The predicted molar refractivity (Wildman–Crippen MR) is 91.0 cm³/mol. The molecule has 0 bridgehead atoms. The minimum absolute atomic E-state index is 0.0202. The second-order valence-electron chi connectivity index (χ2n) is 6.41. The van der Waals surface area contributed by atoms with Gasteiger partial charge < -0.3 is 19.8 Å². The van der Waals surface area contributed by atoms with Crippen molar-refractivity contribution in [2.45, 2.75) is 19.4 Å². The zero-order valence-electron chi connectivity index (χ0n) is 14.6. The van der Waals surface area contributed by atoms with Crippen molar-refractivity contribution in [2.75, 3.05) is 19.6 Å². The number of rotatable bonds is 5. The van der Waals surface area contributed by atoms with Crippen LogP contribution >= 0.6 is 0 Å². The van der Waals surface area contributed by atoms with Crippen LogP contribution in [0.5, 0.6) is 0 Å². The van der Waals surface area contributed by atoms with E-state index in [4.69, 9.17) is 4.52 Å². The Morgan fingerprint density at radius 3 is 2.81 bits per heavy atom. The van der Waals surface area contributed by atoms with Crippen LogP contribution in [0, 0.1) is 17.6 Å². The minimum Gasteiger partial charge on any atom is -0.481 e. The molecule has 2 N–H and O–H groups in total. The van der Waals surface area contributed by atoms with Gasteiger partial charge in [0.25, 0.3) is 5.91 Å². The van der Waals surface area contributed by atoms with Crippen LogP contribution in [0.3, 0.4) is 0 Å². The summed E-state index contributed by atoms with van der Waals surface area (Å²) in [5, 5.41) is 15.7. The average molecular weight is 379 g/mol. The van der Waals surface area contributed by atoms with Crippen LogP contribution < -0.4 is 5.32 Å². The Bertz CT molecular complexity index is 855. The number of carbonyl (C=O) groups excluding carboxylic acids is 1. The van der Waals surface area contributed by atoms with Crippen molar-refractivity contribution >= 4 is 11.9 Å². The highest BCUT2D eigenvalue weighted by atomic mass is 19.1. The van der Waals surface area contributed by atoms with Gasteiger partial charge in [-0.1, -0.05) is 12.1 Å². The topological polar surface area (TPSA) is 95.7 Å². The van der Waals surface area contributed by atoms with Gasteiger partial charge >= 0.3 is 5.97 Å². The quantitative estimate of drug-likeness (QED) is 0.827. The molecule has 3 rings (SSSR count). The number of carboxylic acids is 1. The van der Waals surface area contributed by atoms with Crippen LogP contribution in [0.15, 0.2) is 28.8 Å². The van der Waals surface area contributed by atoms with Crippen LogP contribution in [-0.2, 0) is 4.79 Å². The molecular weight excluding hydrogens is 360 g/mol. The minimum atomic E-state index is -0.979. The molecule has 7 nitrogen and oxygen atoms in total. The highest BCUT2D eigenvalue weighted by molar-refractivity contribution is 5.93. The van der Waals surface area contributed by atoms with Gasteiger partial charge in [0.05, 0.1) is 11.5 Å². The molecule has 1 amide bonds. The Hall–Kier alpha value is -2.81. The van der Waals surface area contributed by atoms with Crippen LogP contribution in [0.1, 0.15) is 23.8 Å². The normalized spacial score (nSPS) is 20.4. The molecule has 0 spiro atoms. The largest absolute Gasteiger partial charge is 0.481 e. The first-order chi connectivity index (χ1) is 12.9. The molecule has 1 aliphatic rings. The molecule has 0 unspecified atom stereocenters. The van der Waals surface area contributed by atoms with E-state index in [1.807, 2.05) is 11.8 Å². The highest BCUT2D eigenvalue weighted by Crippen LogP contribution is 2.24. The Balaban J connectivity index is 1.73. The first-order valence-corrected chi connectivity index (χ1v) is 8.57. The highest BCUT2D eigenvalue weighted by Gasteiger charge is 2.35. The molecule has 2 atom stereocenters. The number of halogens is 2. The van der Waals surface area contributed by atoms with E-state index >= 15 is 0 Å². The summed E-state index contributed by atoms with van der Waals surface area (Å²) in [6.45, 7) is 3.71. The third-order valence-corrected chi connectivity index (χ3v) is 4.72. The summed E-state index contributed by atoms with van der Waals surface area (Å²) in [5.74, 6) is -3.90. The van der Waals surface area contributed by atoms with Crippen molar-refractivity contribution in [3.05, 3.63) is 41.6 Å². The Labute approximate surface area is 153 Å². The molecule has 1 aliphatic heterocycles. The lowest BCUT2D eigenvalue weighted by Crippen LogP contribution is -2.53. The molecule has 0 radical (unpaired) electrons. The van der Waals surface area contributed by atoms with Crippen molar-refractivity contribution in [3.8, 4) is 11.3 Å². The first-order valence-electron chi connectivity index (χ1n) is 8.57. The summed E-state index contributed by atoms with van der Waals surface area (Å²) in [7, 11) is 0. The maximum Gasteiger partial charge on any atom is 0.309 e. The van der Waals surface area contributed by atoms with E-state index in [-0.39, 0.29) is 17.0 Å². The molecule has 0 aliphatic carbocycles. The van der Waals surface area contributed by atoms with E-state index in [0.29, 0.717) is 25.6 Å². The predicted octanol–water partition coefficient (Wildman–Crippen LogP) is 2.14. The van der Waals surface area contributed by atoms with E-state index in [9.17, 15) is 23.5 Å². The lowest BCUT2D eigenvalue weighted by molar-refractivity contribution is -0.144. The lowest BCUT2D eigenvalue weighted by atomic mass is 9.92. The van der Waals surface area contributed by atoms with Gasteiger partial charge in [-0.25, -0.2) is 8.78 Å². The molecule has 1 fully saturated rings. The molecule has 27 heavy (non-hydrogen) atoms. The molecular formula is C18H19F2N3O4. The number of amides is 1. The SMILES string of the molecule is CCN1CC[C@H](NC(=O)c2cc(-c3ccc(F)cc3F)on2)[C@@H](C(=O)O)C1. The fourth-order valence-electron chi connectivity index (χ4n) is 3.17. The van der Waals surface area contributed by atoms with Gasteiger partial charge in [-0.15, -0.1) is 0 Å². The van der Waals surface area contributed by atoms with Crippen molar-refractivity contribution in [3.63, 3.8) is 0 Å². The molecule has 1 aromatic carbocycles. The second-order valence-corrected chi connectivity index (χ2v) is 6.41. The summed E-state index contributed by atoms with van der Waals surface area (Å²) >= 11 is 0. The summed E-state index contributed by atoms with van der Waals surface area (Å²) in [5.41, 5.74) is -0.126. The van der Waals surface area contributed by atoms with Crippen LogP contribution in [0.4, 0.5) is 8.78 Å². The number of piperidine rings is 1. The van der Waals surface area contributed by atoms with E-state index < -0.39 is 35.5 Å². The van der Waals surface area contributed by atoms with E-state index in [0.717, 1.165) is 12.6 Å². The number of nitrogens with zero attached hydrogens (tertiary/aromatic N) is 2. The van der Waals surface area contributed by atoms with Gasteiger partial charge in [0, 0.05) is 31.3 Å². The smallest absolute Gasteiger partial charge is 0.309 e. The zero-order chi connectivity index (χ0) is 19.6. The van der Waals surface area contributed by atoms with Gasteiger partial charge in [0.1, 0.15) is 11.6 Å². The molecule has 1 saturated heterocycles. The standard InChI is InChI=1S/C18H19F2N3O4/c1-2-23-6-5-14(12(9-23)18(25)26)21-17(24)15-8-16(27-22-15)11-4-3-10(19)7-13(11)20/h3-4,7-8,12,14H,2,5-6,9H2,1H3,(H,21,24)(H,25,26)/t12-,14-/m0/s1. The van der Waals surface area contributed by atoms with Crippen molar-refractivity contribution in [1.82, 2.24) is 15.4 Å². The van der Waals surface area contributed by atoms with Crippen LogP contribution in [0.25, 0.3) is 11.3 Å². The van der Waals surface area contributed by atoms with Crippen molar-refractivity contribution in [1.29, 1.82) is 0 Å². The third-order valence-electron chi connectivity index (χ3n) is 4.72. The fourth-order valence-corrected chi connectivity index (χ4v) is 3.17. The lowest BCUT2D eigenvalue weighted by Gasteiger charge is -2.36. The maximum absolute atomic E-state index is 13.8. The van der Waals surface area contributed by atoms with Crippen LogP contribution in [0.2, 0.25) is 0 Å². The van der Waals surface area contributed by atoms with Gasteiger partial charge in [0.15, 0.2) is 11.5 Å². The van der Waals surface area contributed by atoms with Gasteiger partial charge in [-0.3, -0.25) is 9.59 Å². The summed E-state index contributed by atoms with van der Waals surface area (Å²) in [6, 6.07) is 3.66. The number of hydrogen-bond donors (Lipinski definition) is 2. The molecule has 2 aromatic rings. The fraction of sp³-hybridized carbons (Fsp3) is 0.389. The number of aliphatic carboxylic acids is 1. The number of benzene rings is 1. The Morgan fingerprint density at radius 2 is 2.15 bits per heavy atom. The molecule has 2 heterocycles. The zero-order valence-corrected chi connectivity index (χ0v) is 14.6. The van der Waals surface area contributed by atoms with Gasteiger partial charge in [-0.05, 0) is 25.1 Å². The summed E-state index contributed by atoms with van der Waals surface area (Å²) in [6.07, 6.45) is 0.494. The van der Waals surface area contributed by atoms with E-state index in [1.54, 1.807) is 0 Å². The Kier molecular flexibility index (Phi) is 5.50. The second kappa shape index (κ2) is 7.83. The van der Waals surface area contributed by atoms with Crippen molar-refractivity contribution in [2.24, 2.45) is 5.92 Å². The van der Waals surface area contributed by atoms with Gasteiger partial charge in [-0.2, -0.15) is 0 Å². The molecule has 0 saturated carbocycles. The van der Waals surface area contributed by atoms with E-state index in [1.165, 1.54) is 12.1 Å². The van der Waals surface area contributed by atoms with Crippen LogP contribution in [-0.4, -0.2) is 52.7 Å². The molecule has 1 aromatic heterocycles. The Morgan fingerprint density at radius 1 is 1.37 bits per heavy atom. The number of carboxylic acid groups (broad SMARTS) is 1.